The van der Waals surface area contributed by atoms with Crippen LogP contribution in [0.3, 0.4) is 0 Å². The van der Waals surface area contributed by atoms with Crippen LogP contribution in [-0.2, 0) is 6.42 Å². The summed E-state index contributed by atoms with van der Waals surface area (Å²) in [5.74, 6) is 3.00. The highest BCUT2D eigenvalue weighted by atomic mass is 16.5. The first-order chi connectivity index (χ1) is 13.2. The molecule has 0 aliphatic heterocycles. The molecule has 27 heavy (non-hydrogen) atoms. The van der Waals surface area contributed by atoms with Crippen molar-refractivity contribution in [2.75, 3.05) is 32.6 Å². The number of guanidine groups is 1. The minimum atomic E-state index is 0.614. The van der Waals surface area contributed by atoms with E-state index in [1.54, 1.807) is 14.2 Å². The summed E-state index contributed by atoms with van der Waals surface area (Å²) >= 11 is 0. The normalized spacial score (nSPS) is 11.4. The van der Waals surface area contributed by atoms with Crippen LogP contribution < -0.4 is 20.1 Å². The van der Waals surface area contributed by atoms with E-state index >= 15 is 0 Å². The number of aromatic amines is 1. The van der Waals surface area contributed by atoms with E-state index in [0.717, 1.165) is 35.5 Å². The van der Waals surface area contributed by atoms with Crippen molar-refractivity contribution >= 4 is 22.7 Å². The van der Waals surface area contributed by atoms with Crippen LogP contribution in [0.1, 0.15) is 12.7 Å². The first kappa shape index (κ1) is 18.6. The number of para-hydroxylation sites is 2. The smallest absolute Gasteiger partial charge is 0.195 e. The quantitative estimate of drug-likeness (QED) is 0.441. The summed E-state index contributed by atoms with van der Waals surface area (Å²) in [6.07, 6.45) is 0.733. The molecule has 0 aliphatic carbocycles. The van der Waals surface area contributed by atoms with Gasteiger partial charge in [0.05, 0.1) is 25.3 Å². The number of aliphatic imine (C=N–C) groups is 1. The maximum atomic E-state index is 5.35. The minimum absolute atomic E-state index is 0.614. The lowest BCUT2D eigenvalue weighted by atomic mass is 10.3. The number of aromatic nitrogens is 2. The molecule has 0 unspecified atom stereocenters. The topological polar surface area (TPSA) is 83.6 Å². The molecular weight excluding hydrogens is 342 g/mol. The number of imidazole rings is 1. The van der Waals surface area contributed by atoms with Gasteiger partial charge in [-0.05, 0) is 31.2 Å². The molecule has 0 saturated heterocycles. The minimum Gasteiger partial charge on any atom is -0.493 e. The Morgan fingerprint density at radius 3 is 2.67 bits per heavy atom. The molecule has 3 aromatic rings. The molecule has 2 aromatic carbocycles. The van der Waals surface area contributed by atoms with Crippen LogP contribution in [0.5, 0.6) is 11.5 Å². The van der Waals surface area contributed by atoms with Gasteiger partial charge in [0, 0.05) is 31.3 Å². The fourth-order valence-electron chi connectivity index (χ4n) is 2.76. The van der Waals surface area contributed by atoms with Gasteiger partial charge >= 0.3 is 0 Å². The third-order valence-electron chi connectivity index (χ3n) is 4.05. The third kappa shape index (κ3) is 4.69. The van der Waals surface area contributed by atoms with Crippen molar-refractivity contribution in [2.24, 2.45) is 4.99 Å². The zero-order chi connectivity index (χ0) is 19.1. The van der Waals surface area contributed by atoms with E-state index in [0.29, 0.717) is 24.0 Å². The van der Waals surface area contributed by atoms with Gasteiger partial charge in [0.1, 0.15) is 5.82 Å². The van der Waals surface area contributed by atoms with E-state index in [1.807, 2.05) is 49.4 Å². The number of anilines is 1. The van der Waals surface area contributed by atoms with Gasteiger partial charge < -0.3 is 25.1 Å². The molecule has 7 heteroatoms. The van der Waals surface area contributed by atoms with Crippen LogP contribution >= 0.6 is 0 Å². The van der Waals surface area contributed by atoms with Crippen molar-refractivity contribution in [1.82, 2.24) is 15.3 Å². The number of H-pyrrole nitrogens is 1. The molecule has 142 valence electrons. The number of fused-ring (bicyclic) bond motifs is 1. The van der Waals surface area contributed by atoms with Gasteiger partial charge in [0.2, 0.25) is 0 Å². The molecule has 1 aromatic heterocycles. The van der Waals surface area contributed by atoms with Gasteiger partial charge in [0.15, 0.2) is 17.5 Å². The average molecular weight is 367 g/mol. The van der Waals surface area contributed by atoms with Crippen molar-refractivity contribution in [1.29, 1.82) is 0 Å². The molecule has 0 amide bonds. The van der Waals surface area contributed by atoms with Gasteiger partial charge in [-0.15, -0.1) is 0 Å². The molecule has 0 radical (unpaired) electrons. The average Bonchev–Trinajstić information content (AvgIpc) is 3.10. The number of nitrogens with zero attached hydrogens (tertiary/aromatic N) is 2. The highest BCUT2D eigenvalue weighted by Gasteiger charge is 2.07. The Hall–Kier alpha value is -3.22. The van der Waals surface area contributed by atoms with Gasteiger partial charge in [-0.2, -0.15) is 0 Å². The molecule has 0 bridgehead atoms. The number of rotatable bonds is 7. The largest absolute Gasteiger partial charge is 0.493 e. The van der Waals surface area contributed by atoms with Gasteiger partial charge in [-0.25, -0.2) is 4.98 Å². The Morgan fingerprint density at radius 2 is 1.93 bits per heavy atom. The lowest BCUT2D eigenvalue weighted by molar-refractivity contribution is 0.355. The first-order valence-corrected chi connectivity index (χ1v) is 8.94. The summed E-state index contributed by atoms with van der Waals surface area (Å²) in [6.45, 7) is 3.41. The summed E-state index contributed by atoms with van der Waals surface area (Å²) in [5.41, 5.74) is 2.90. The van der Waals surface area contributed by atoms with Crippen LogP contribution in [0.15, 0.2) is 47.5 Å². The van der Waals surface area contributed by atoms with Crippen LogP contribution in [-0.4, -0.2) is 43.2 Å². The number of hydrogen-bond acceptors (Lipinski definition) is 4. The zero-order valence-corrected chi connectivity index (χ0v) is 15.9. The summed E-state index contributed by atoms with van der Waals surface area (Å²) < 4.78 is 10.6. The molecule has 0 fully saturated rings. The summed E-state index contributed by atoms with van der Waals surface area (Å²) in [7, 11) is 3.24. The van der Waals surface area contributed by atoms with Gasteiger partial charge in [-0.1, -0.05) is 12.1 Å². The fourth-order valence-corrected chi connectivity index (χ4v) is 2.76. The Morgan fingerprint density at radius 1 is 1.11 bits per heavy atom. The Balaban J connectivity index is 1.67. The van der Waals surface area contributed by atoms with Crippen molar-refractivity contribution in [3.05, 3.63) is 48.3 Å². The van der Waals surface area contributed by atoms with E-state index in [1.165, 1.54) is 0 Å². The number of hydrogen-bond donors (Lipinski definition) is 3. The second-order valence-electron chi connectivity index (χ2n) is 5.91. The molecule has 0 atom stereocenters. The van der Waals surface area contributed by atoms with E-state index in [9.17, 15) is 0 Å². The number of methoxy groups -OCH3 is 2. The molecule has 0 aliphatic rings. The highest BCUT2D eigenvalue weighted by Crippen LogP contribution is 2.29. The van der Waals surface area contributed by atoms with Gasteiger partial charge in [-0.3, -0.25) is 4.99 Å². The fraction of sp³-hybridized carbons (Fsp3) is 0.300. The molecule has 3 rings (SSSR count). The predicted octanol–water partition coefficient (Wildman–Crippen LogP) is 3.20. The van der Waals surface area contributed by atoms with Crippen molar-refractivity contribution in [2.45, 2.75) is 13.3 Å². The molecule has 0 spiro atoms. The summed E-state index contributed by atoms with van der Waals surface area (Å²) in [4.78, 5) is 12.5. The van der Waals surface area contributed by atoms with E-state index < -0.39 is 0 Å². The lowest BCUT2D eigenvalue weighted by Gasteiger charge is -2.13. The van der Waals surface area contributed by atoms with E-state index in [2.05, 4.69) is 25.6 Å². The molecule has 0 saturated carbocycles. The monoisotopic (exact) mass is 367 g/mol. The summed E-state index contributed by atoms with van der Waals surface area (Å²) in [6, 6.07) is 13.7. The van der Waals surface area contributed by atoms with Crippen molar-refractivity contribution in [3.63, 3.8) is 0 Å². The first-order valence-electron chi connectivity index (χ1n) is 8.94. The number of ether oxygens (including phenoxy) is 2. The van der Waals surface area contributed by atoms with Crippen molar-refractivity contribution < 1.29 is 9.47 Å². The second-order valence-corrected chi connectivity index (χ2v) is 5.91. The summed E-state index contributed by atoms with van der Waals surface area (Å²) in [5, 5.41) is 6.54. The molecule has 1 heterocycles. The van der Waals surface area contributed by atoms with Crippen molar-refractivity contribution in [3.8, 4) is 11.5 Å². The number of nitrogens with one attached hydrogen (secondary N) is 3. The highest BCUT2D eigenvalue weighted by molar-refractivity contribution is 5.93. The predicted molar refractivity (Wildman–Crippen MR) is 109 cm³/mol. The van der Waals surface area contributed by atoms with E-state index in [-0.39, 0.29) is 0 Å². The maximum absolute atomic E-state index is 5.35. The maximum Gasteiger partial charge on any atom is 0.195 e. The number of benzene rings is 2. The standard InChI is InChI=1S/C20H25N5O2/c1-4-21-20(23-14-9-10-17(26-2)18(13-14)27-3)22-12-11-19-24-15-7-5-6-8-16(15)25-19/h5-10,13H,4,11-12H2,1-3H3,(H,24,25)(H2,21,22,23). The Kier molecular flexibility index (Phi) is 6.14. The van der Waals surface area contributed by atoms with Crippen LogP contribution in [0.2, 0.25) is 0 Å². The van der Waals surface area contributed by atoms with Crippen LogP contribution in [0.4, 0.5) is 5.69 Å². The van der Waals surface area contributed by atoms with E-state index in [4.69, 9.17) is 9.47 Å². The SMILES string of the molecule is CCNC(=NCCc1nc2ccccc2[nH]1)Nc1ccc(OC)c(OC)c1. The van der Waals surface area contributed by atoms with Gasteiger partial charge in [0.25, 0.3) is 0 Å². The molecule has 7 nitrogen and oxygen atoms in total. The molecule has 3 N–H and O–H groups in total. The van der Waals surface area contributed by atoms with Crippen LogP contribution in [0.25, 0.3) is 11.0 Å². The second kappa shape index (κ2) is 8.93. The Bertz CT molecular complexity index is 887. The van der Waals surface area contributed by atoms with Crippen LogP contribution in [0, 0.1) is 0 Å². The molecular formula is C20H25N5O2. The Labute approximate surface area is 158 Å². The third-order valence-corrected chi connectivity index (χ3v) is 4.05. The lowest BCUT2D eigenvalue weighted by Crippen LogP contribution is -2.30. The zero-order valence-electron chi connectivity index (χ0n) is 15.9.